The zero-order chi connectivity index (χ0) is 22.4. The minimum atomic E-state index is -0.610. The number of amides is 2. The van der Waals surface area contributed by atoms with Crippen molar-refractivity contribution in [2.24, 2.45) is 0 Å². The van der Waals surface area contributed by atoms with E-state index in [9.17, 15) is 18.4 Å². The van der Waals surface area contributed by atoms with Crippen molar-refractivity contribution in [3.8, 4) is 0 Å². The number of halogens is 2. The number of aromatic nitrogens is 3. The smallest absolute Gasteiger partial charge is 0.254 e. The van der Waals surface area contributed by atoms with Crippen molar-refractivity contribution >= 4 is 29.3 Å². The highest BCUT2D eigenvalue weighted by Gasteiger charge is 2.21. The molecule has 0 spiro atoms. The van der Waals surface area contributed by atoms with Crippen molar-refractivity contribution in [2.75, 3.05) is 11.1 Å². The minimum Gasteiger partial charge on any atom is -0.342 e. The molecule has 1 heterocycles. The van der Waals surface area contributed by atoms with Gasteiger partial charge in [-0.3, -0.25) is 9.59 Å². The first-order valence-electron chi connectivity index (χ1n) is 9.56. The molecule has 162 valence electrons. The van der Waals surface area contributed by atoms with Gasteiger partial charge in [-0.2, -0.15) is 0 Å². The van der Waals surface area contributed by atoms with Crippen LogP contribution in [0.3, 0.4) is 0 Å². The standard InChI is InChI=1S/C21H21F2N5O2S/c1-3-28-19(13(2)24-20(30)14-8-4-5-9-15(14)22)26-27-21(28)31-12-18(29)25-17-11-7-6-10-16(17)23/h4-11,13H,3,12H2,1-2H3,(H,24,30)(H,25,29). The molecule has 31 heavy (non-hydrogen) atoms. The van der Waals surface area contributed by atoms with Crippen LogP contribution in [0.1, 0.15) is 36.1 Å². The van der Waals surface area contributed by atoms with Gasteiger partial charge in [0.15, 0.2) is 11.0 Å². The van der Waals surface area contributed by atoms with Crippen LogP contribution in [-0.4, -0.2) is 32.3 Å². The van der Waals surface area contributed by atoms with Gasteiger partial charge in [-0.1, -0.05) is 36.0 Å². The van der Waals surface area contributed by atoms with Gasteiger partial charge in [0.25, 0.3) is 5.91 Å². The van der Waals surface area contributed by atoms with Gasteiger partial charge in [0, 0.05) is 6.54 Å². The third-order valence-electron chi connectivity index (χ3n) is 4.40. The largest absolute Gasteiger partial charge is 0.342 e. The molecule has 2 amide bonds. The molecule has 0 saturated heterocycles. The number of anilines is 1. The molecule has 0 bridgehead atoms. The average molecular weight is 445 g/mol. The molecular formula is C21H21F2N5O2S. The number of nitrogens with zero attached hydrogens (tertiary/aromatic N) is 3. The first-order valence-corrected chi connectivity index (χ1v) is 10.5. The van der Waals surface area contributed by atoms with Crippen molar-refractivity contribution in [3.63, 3.8) is 0 Å². The molecule has 0 fully saturated rings. The summed E-state index contributed by atoms with van der Waals surface area (Å²) >= 11 is 1.14. The number of hydrogen-bond acceptors (Lipinski definition) is 5. The second-order valence-corrected chi connectivity index (χ2v) is 7.52. The first kappa shape index (κ1) is 22.4. The predicted molar refractivity (Wildman–Crippen MR) is 114 cm³/mol. The topological polar surface area (TPSA) is 88.9 Å². The Kier molecular flexibility index (Phi) is 7.35. The molecule has 2 N–H and O–H groups in total. The van der Waals surface area contributed by atoms with Crippen molar-refractivity contribution < 1.29 is 18.4 Å². The van der Waals surface area contributed by atoms with Crippen LogP contribution in [-0.2, 0) is 11.3 Å². The quantitative estimate of drug-likeness (QED) is 0.515. The Balaban J connectivity index is 1.64. The molecule has 3 aromatic rings. The summed E-state index contributed by atoms with van der Waals surface area (Å²) in [6, 6.07) is 11.1. The number of nitrogens with one attached hydrogen (secondary N) is 2. The number of rotatable bonds is 8. The molecule has 0 aliphatic heterocycles. The number of carbonyl (C=O) groups is 2. The monoisotopic (exact) mass is 445 g/mol. The van der Waals surface area contributed by atoms with Crippen LogP contribution in [0.4, 0.5) is 14.5 Å². The fourth-order valence-electron chi connectivity index (χ4n) is 2.89. The molecule has 1 atom stereocenters. The van der Waals surface area contributed by atoms with E-state index in [0.29, 0.717) is 17.5 Å². The van der Waals surface area contributed by atoms with Crippen LogP contribution in [0.5, 0.6) is 0 Å². The van der Waals surface area contributed by atoms with Crippen LogP contribution >= 0.6 is 11.8 Å². The number of thioether (sulfide) groups is 1. The van der Waals surface area contributed by atoms with Crippen LogP contribution in [0, 0.1) is 11.6 Å². The highest BCUT2D eigenvalue weighted by Crippen LogP contribution is 2.22. The number of benzene rings is 2. The molecule has 1 aromatic heterocycles. The van der Waals surface area contributed by atoms with Crippen LogP contribution in [0.15, 0.2) is 53.7 Å². The molecule has 7 nitrogen and oxygen atoms in total. The van der Waals surface area contributed by atoms with Crippen LogP contribution < -0.4 is 10.6 Å². The Morgan fingerprint density at radius 3 is 2.42 bits per heavy atom. The van der Waals surface area contributed by atoms with Gasteiger partial charge < -0.3 is 15.2 Å². The zero-order valence-electron chi connectivity index (χ0n) is 16.9. The summed E-state index contributed by atoms with van der Waals surface area (Å²) in [5.41, 5.74) is 0.0477. The maximum atomic E-state index is 13.8. The molecule has 0 aliphatic carbocycles. The second kappa shape index (κ2) is 10.2. The lowest BCUT2D eigenvalue weighted by molar-refractivity contribution is -0.113. The Morgan fingerprint density at radius 2 is 1.74 bits per heavy atom. The number of carbonyl (C=O) groups excluding carboxylic acids is 2. The summed E-state index contributed by atoms with van der Waals surface area (Å²) in [6.45, 7) is 4.09. The summed E-state index contributed by atoms with van der Waals surface area (Å²) in [5, 5.41) is 13.9. The average Bonchev–Trinajstić information content (AvgIpc) is 3.17. The molecule has 10 heteroatoms. The van der Waals surface area contributed by atoms with E-state index in [1.54, 1.807) is 23.6 Å². The third kappa shape index (κ3) is 5.46. The maximum Gasteiger partial charge on any atom is 0.254 e. The summed E-state index contributed by atoms with van der Waals surface area (Å²) in [7, 11) is 0. The molecule has 3 rings (SSSR count). The molecule has 1 unspecified atom stereocenters. The van der Waals surface area contributed by atoms with E-state index in [4.69, 9.17) is 0 Å². The normalized spacial score (nSPS) is 11.7. The lowest BCUT2D eigenvalue weighted by Gasteiger charge is -2.15. The molecular weight excluding hydrogens is 424 g/mol. The third-order valence-corrected chi connectivity index (χ3v) is 5.36. The van der Waals surface area contributed by atoms with E-state index in [1.807, 2.05) is 6.92 Å². The van der Waals surface area contributed by atoms with Gasteiger partial charge in [-0.15, -0.1) is 10.2 Å². The lowest BCUT2D eigenvalue weighted by Crippen LogP contribution is -2.29. The lowest BCUT2D eigenvalue weighted by atomic mass is 10.2. The molecule has 0 saturated carbocycles. The fraction of sp³-hybridized carbons (Fsp3) is 0.238. The van der Waals surface area contributed by atoms with Gasteiger partial charge in [-0.05, 0) is 38.1 Å². The minimum absolute atomic E-state index is 0.00241. The highest BCUT2D eigenvalue weighted by molar-refractivity contribution is 7.99. The van der Waals surface area contributed by atoms with Crippen molar-refractivity contribution in [1.82, 2.24) is 20.1 Å². The van der Waals surface area contributed by atoms with Crippen molar-refractivity contribution in [3.05, 3.63) is 71.6 Å². The number of para-hydroxylation sites is 1. The fourth-order valence-corrected chi connectivity index (χ4v) is 3.70. The van der Waals surface area contributed by atoms with Gasteiger partial charge >= 0.3 is 0 Å². The number of hydrogen-bond donors (Lipinski definition) is 2. The van der Waals surface area contributed by atoms with Crippen molar-refractivity contribution in [2.45, 2.75) is 31.6 Å². The Bertz CT molecular complexity index is 1090. The summed E-state index contributed by atoms with van der Waals surface area (Å²) in [5.74, 6) is -1.59. The second-order valence-electron chi connectivity index (χ2n) is 6.58. The van der Waals surface area contributed by atoms with Gasteiger partial charge in [0.1, 0.15) is 11.6 Å². The Hall–Kier alpha value is -3.27. The van der Waals surface area contributed by atoms with Gasteiger partial charge in [0.05, 0.1) is 23.0 Å². The van der Waals surface area contributed by atoms with Gasteiger partial charge in [0.2, 0.25) is 5.91 Å². The summed E-state index contributed by atoms with van der Waals surface area (Å²) < 4.78 is 29.3. The predicted octanol–water partition coefficient (Wildman–Crippen LogP) is 3.80. The summed E-state index contributed by atoms with van der Waals surface area (Å²) in [4.78, 5) is 24.5. The van der Waals surface area contributed by atoms with E-state index in [-0.39, 0.29) is 22.9 Å². The first-order chi connectivity index (χ1) is 14.9. The van der Waals surface area contributed by atoms with E-state index >= 15 is 0 Å². The van der Waals surface area contributed by atoms with E-state index in [0.717, 1.165) is 11.8 Å². The Labute approximate surface area is 182 Å². The van der Waals surface area contributed by atoms with E-state index in [2.05, 4.69) is 20.8 Å². The van der Waals surface area contributed by atoms with E-state index < -0.39 is 23.6 Å². The maximum absolute atomic E-state index is 13.8. The SMILES string of the molecule is CCn1c(SCC(=O)Nc2ccccc2F)nnc1C(C)NC(=O)c1ccccc1F. The molecule has 0 aliphatic rings. The van der Waals surface area contributed by atoms with Crippen molar-refractivity contribution in [1.29, 1.82) is 0 Å². The van der Waals surface area contributed by atoms with E-state index in [1.165, 1.54) is 36.4 Å². The summed E-state index contributed by atoms with van der Waals surface area (Å²) in [6.07, 6.45) is 0. The zero-order valence-corrected chi connectivity index (χ0v) is 17.7. The van der Waals surface area contributed by atoms with Crippen LogP contribution in [0.2, 0.25) is 0 Å². The Morgan fingerprint density at radius 1 is 1.06 bits per heavy atom. The highest BCUT2D eigenvalue weighted by atomic mass is 32.2. The molecule has 0 radical (unpaired) electrons. The van der Waals surface area contributed by atoms with Crippen LogP contribution in [0.25, 0.3) is 0 Å². The molecule has 2 aromatic carbocycles. The van der Waals surface area contributed by atoms with Gasteiger partial charge in [-0.25, -0.2) is 8.78 Å².